The van der Waals surface area contributed by atoms with Gasteiger partial charge in [-0.15, -0.1) is 0 Å². The topological polar surface area (TPSA) is 79.0 Å². The van der Waals surface area contributed by atoms with E-state index in [1.165, 1.54) is 7.11 Å². The van der Waals surface area contributed by atoms with Crippen LogP contribution in [0.3, 0.4) is 0 Å². The van der Waals surface area contributed by atoms with Gasteiger partial charge in [0, 0.05) is 51.3 Å². The maximum atomic E-state index is 12.5. The van der Waals surface area contributed by atoms with Crippen molar-refractivity contribution in [1.29, 1.82) is 0 Å². The Morgan fingerprint density at radius 3 is 2.52 bits per heavy atom. The van der Waals surface area contributed by atoms with Crippen LogP contribution < -0.4 is 5.32 Å². The summed E-state index contributed by atoms with van der Waals surface area (Å²) in [5.74, 6) is -0.207. The van der Waals surface area contributed by atoms with Gasteiger partial charge in [0.05, 0.1) is 13.5 Å². The van der Waals surface area contributed by atoms with Crippen LogP contribution >= 0.6 is 0 Å². The fraction of sp³-hybridized carbons (Fsp3) is 0.550. The molecule has 7 nitrogen and oxygen atoms in total. The van der Waals surface area contributed by atoms with E-state index in [-0.39, 0.29) is 23.8 Å². The molecule has 0 spiro atoms. The summed E-state index contributed by atoms with van der Waals surface area (Å²) in [5.41, 5.74) is 1.59. The minimum Gasteiger partial charge on any atom is -0.469 e. The number of nitrogens with zero attached hydrogens (tertiary/aromatic N) is 2. The van der Waals surface area contributed by atoms with Gasteiger partial charge >= 0.3 is 5.97 Å². The van der Waals surface area contributed by atoms with Gasteiger partial charge in [-0.25, -0.2) is 0 Å². The number of amides is 2. The van der Waals surface area contributed by atoms with Crippen molar-refractivity contribution in [3.63, 3.8) is 0 Å². The van der Waals surface area contributed by atoms with Gasteiger partial charge in [-0.2, -0.15) is 0 Å². The van der Waals surface area contributed by atoms with E-state index >= 15 is 0 Å². The molecule has 27 heavy (non-hydrogen) atoms. The van der Waals surface area contributed by atoms with E-state index in [1.54, 1.807) is 13.1 Å². The number of piperazine rings is 1. The zero-order valence-corrected chi connectivity index (χ0v) is 16.4. The zero-order chi connectivity index (χ0) is 19.8. The van der Waals surface area contributed by atoms with E-state index in [0.717, 1.165) is 18.7 Å². The lowest BCUT2D eigenvalue weighted by Crippen LogP contribution is -2.51. The molecule has 1 saturated heterocycles. The largest absolute Gasteiger partial charge is 0.469 e. The first-order chi connectivity index (χ1) is 12.9. The summed E-state index contributed by atoms with van der Waals surface area (Å²) in [5, 5.41) is 2.61. The number of hydrogen-bond acceptors (Lipinski definition) is 5. The van der Waals surface area contributed by atoms with Crippen LogP contribution in [0.4, 0.5) is 0 Å². The lowest BCUT2D eigenvalue weighted by Gasteiger charge is -2.37. The molecule has 0 aliphatic carbocycles. The van der Waals surface area contributed by atoms with E-state index < -0.39 is 0 Å². The van der Waals surface area contributed by atoms with E-state index in [2.05, 4.69) is 10.2 Å². The molecule has 0 unspecified atom stereocenters. The van der Waals surface area contributed by atoms with Crippen molar-refractivity contribution < 1.29 is 19.1 Å². The molecule has 7 heteroatoms. The number of benzene rings is 1. The first-order valence-electron chi connectivity index (χ1n) is 9.34. The molecule has 1 N–H and O–H groups in total. The number of rotatable bonds is 7. The number of hydrogen-bond donors (Lipinski definition) is 1. The Kier molecular flexibility index (Phi) is 7.79. The highest BCUT2D eigenvalue weighted by Gasteiger charge is 2.25. The standard InChI is InChI=1S/C20H29N3O4/c1-15(13-19(25)27-3)22-9-11-23(12-10-22)18(24)8-7-16-5-4-6-17(14-16)20(26)21-2/h4-6,14-15H,7-13H2,1-3H3,(H,21,26)/t15-/m0/s1. The van der Waals surface area contributed by atoms with Gasteiger partial charge in [0.15, 0.2) is 0 Å². The Balaban J connectivity index is 1.79. The van der Waals surface area contributed by atoms with Crippen molar-refractivity contribution in [2.75, 3.05) is 40.3 Å². The van der Waals surface area contributed by atoms with Gasteiger partial charge in [0.1, 0.15) is 0 Å². The van der Waals surface area contributed by atoms with Gasteiger partial charge < -0.3 is 15.0 Å². The van der Waals surface area contributed by atoms with Crippen LogP contribution in [0.5, 0.6) is 0 Å². The van der Waals surface area contributed by atoms with Crippen molar-refractivity contribution in [3.05, 3.63) is 35.4 Å². The smallest absolute Gasteiger partial charge is 0.307 e. The van der Waals surface area contributed by atoms with Gasteiger partial charge in [0.25, 0.3) is 5.91 Å². The van der Waals surface area contributed by atoms with Crippen LogP contribution in [0, 0.1) is 0 Å². The number of esters is 1. The number of nitrogens with one attached hydrogen (secondary N) is 1. The lowest BCUT2D eigenvalue weighted by atomic mass is 10.1. The van der Waals surface area contributed by atoms with Crippen LogP contribution in [-0.2, 0) is 20.7 Å². The summed E-state index contributed by atoms with van der Waals surface area (Å²) in [7, 11) is 3.00. The number of carbonyl (C=O) groups is 3. The summed E-state index contributed by atoms with van der Waals surface area (Å²) in [6, 6.07) is 7.48. The van der Waals surface area contributed by atoms with Crippen molar-refractivity contribution >= 4 is 17.8 Å². The molecule has 2 rings (SSSR count). The summed E-state index contributed by atoms with van der Waals surface area (Å²) >= 11 is 0. The van der Waals surface area contributed by atoms with Gasteiger partial charge in [0.2, 0.25) is 5.91 Å². The molecule has 1 atom stereocenters. The van der Waals surface area contributed by atoms with E-state index in [0.29, 0.717) is 37.9 Å². The van der Waals surface area contributed by atoms with E-state index in [9.17, 15) is 14.4 Å². The Labute approximate surface area is 160 Å². The Bertz CT molecular complexity index is 669. The van der Waals surface area contributed by atoms with Crippen molar-refractivity contribution in [2.24, 2.45) is 0 Å². The second-order valence-electron chi connectivity index (χ2n) is 6.83. The van der Waals surface area contributed by atoms with Crippen molar-refractivity contribution in [1.82, 2.24) is 15.1 Å². The summed E-state index contributed by atoms with van der Waals surface area (Å²) in [6.45, 7) is 4.87. The summed E-state index contributed by atoms with van der Waals surface area (Å²) < 4.78 is 4.72. The fourth-order valence-electron chi connectivity index (χ4n) is 3.29. The third-order valence-corrected chi connectivity index (χ3v) is 5.02. The first-order valence-corrected chi connectivity index (χ1v) is 9.34. The molecule has 148 valence electrons. The predicted octanol–water partition coefficient (Wildman–Crippen LogP) is 1.07. The number of methoxy groups -OCH3 is 1. The molecule has 1 aliphatic heterocycles. The monoisotopic (exact) mass is 375 g/mol. The molecular formula is C20H29N3O4. The maximum Gasteiger partial charge on any atom is 0.307 e. The third kappa shape index (κ3) is 6.06. The molecule has 1 heterocycles. The Morgan fingerprint density at radius 1 is 1.19 bits per heavy atom. The highest BCUT2D eigenvalue weighted by molar-refractivity contribution is 5.94. The molecule has 0 saturated carbocycles. The number of carbonyl (C=O) groups excluding carboxylic acids is 3. The molecule has 1 aromatic rings. The minimum atomic E-state index is -0.208. The summed E-state index contributed by atoms with van der Waals surface area (Å²) in [6.07, 6.45) is 1.41. The maximum absolute atomic E-state index is 12.5. The fourth-order valence-corrected chi connectivity index (χ4v) is 3.29. The van der Waals surface area contributed by atoms with Crippen LogP contribution in [-0.4, -0.2) is 74.0 Å². The Morgan fingerprint density at radius 2 is 1.89 bits per heavy atom. The van der Waals surface area contributed by atoms with Crippen molar-refractivity contribution in [2.45, 2.75) is 32.2 Å². The van der Waals surface area contributed by atoms with Crippen molar-refractivity contribution in [3.8, 4) is 0 Å². The van der Waals surface area contributed by atoms with Gasteiger partial charge in [-0.1, -0.05) is 12.1 Å². The van der Waals surface area contributed by atoms with Crippen LogP contribution in [0.15, 0.2) is 24.3 Å². The SMILES string of the molecule is CNC(=O)c1cccc(CCC(=O)N2CCN([C@@H](C)CC(=O)OC)CC2)c1. The van der Waals surface area contributed by atoms with Crippen LogP contribution in [0.2, 0.25) is 0 Å². The Hall–Kier alpha value is -2.41. The minimum absolute atomic E-state index is 0.113. The molecule has 0 bridgehead atoms. The van der Waals surface area contributed by atoms with Gasteiger partial charge in [-0.3, -0.25) is 19.3 Å². The molecule has 0 radical (unpaired) electrons. The molecule has 1 aromatic carbocycles. The van der Waals surface area contributed by atoms with Crippen LogP contribution in [0.1, 0.15) is 35.7 Å². The molecular weight excluding hydrogens is 346 g/mol. The van der Waals surface area contributed by atoms with E-state index in [4.69, 9.17) is 4.74 Å². The first kappa shape index (κ1) is 20.9. The second kappa shape index (κ2) is 10.1. The average Bonchev–Trinajstić information content (AvgIpc) is 2.71. The molecule has 0 aromatic heterocycles. The van der Waals surface area contributed by atoms with Crippen LogP contribution in [0.25, 0.3) is 0 Å². The lowest BCUT2D eigenvalue weighted by molar-refractivity contribution is -0.142. The number of ether oxygens (including phenoxy) is 1. The zero-order valence-electron chi connectivity index (χ0n) is 16.4. The molecule has 1 aliphatic rings. The average molecular weight is 375 g/mol. The quantitative estimate of drug-likeness (QED) is 0.722. The summed E-state index contributed by atoms with van der Waals surface area (Å²) in [4.78, 5) is 39.7. The second-order valence-corrected chi connectivity index (χ2v) is 6.83. The highest BCUT2D eigenvalue weighted by atomic mass is 16.5. The third-order valence-electron chi connectivity index (χ3n) is 5.02. The predicted molar refractivity (Wildman–Crippen MR) is 102 cm³/mol. The molecule has 2 amide bonds. The van der Waals surface area contributed by atoms with E-state index in [1.807, 2.05) is 30.0 Å². The number of aryl methyl sites for hydroxylation is 1. The normalized spacial score (nSPS) is 15.9. The highest BCUT2D eigenvalue weighted by Crippen LogP contribution is 2.13. The molecule has 1 fully saturated rings. The van der Waals surface area contributed by atoms with Gasteiger partial charge in [-0.05, 0) is 31.0 Å².